The molecule has 0 amide bonds. The molecule has 0 saturated carbocycles. The first-order valence-corrected chi connectivity index (χ1v) is 6.25. The van der Waals surface area contributed by atoms with Gasteiger partial charge in [-0.15, -0.1) is 0 Å². The number of hydrogen-bond donors (Lipinski definition) is 1. The molecule has 0 aliphatic rings. The van der Waals surface area contributed by atoms with E-state index in [0.717, 1.165) is 5.56 Å². The van der Waals surface area contributed by atoms with Crippen LogP contribution in [0.2, 0.25) is 5.02 Å². The first-order valence-electron chi connectivity index (χ1n) is 5.87. The van der Waals surface area contributed by atoms with Crippen LogP contribution in [0, 0.1) is 0 Å². The summed E-state index contributed by atoms with van der Waals surface area (Å²) in [6.07, 6.45) is -0.714. The summed E-state index contributed by atoms with van der Waals surface area (Å²) in [4.78, 5) is 0. The maximum atomic E-state index is 10.3. The second-order valence-electron chi connectivity index (χ2n) is 3.93. The van der Waals surface area contributed by atoms with Gasteiger partial charge < -0.3 is 9.84 Å². The smallest absolute Gasteiger partial charge is 0.120 e. The van der Waals surface area contributed by atoms with E-state index in [1.54, 1.807) is 12.1 Å². The Morgan fingerprint density at radius 2 is 1.89 bits per heavy atom. The number of ether oxygens (including phenoxy) is 1. The summed E-state index contributed by atoms with van der Waals surface area (Å²) in [5.41, 5.74) is 1.51. The van der Waals surface area contributed by atoms with Gasteiger partial charge in [0.05, 0.1) is 11.6 Å². The van der Waals surface area contributed by atoms with Gasteiger partial charge in [0, 0.05) is 5.56 Å². The van der Waals surface area contributed by atoms with Crippen molar-refractivity contribution in [3.05, 3.63) is 64.7 Å². The van der Waals surface area contributed by atoms with Crippen molar-refractivity contribution in [3.8, 4) is 5.75 Å². The third-order valence-electron chi connectivity index (χ3n) is 2.69. The van der Waals surface area contributed by atoms with Crippen LogP contribution in [0.1, 0.15) is 24.2 Å². The predicted octanol–water partition coefficient (Wildman–Crippen LogP) is 3.82. The van der Waals surface area contributed by atoms with Crippen LogP contribution >= 0.6 is 11.6 Å². The molecule has 0 spiro atoms. The highest BCUT2D eigenvalue weighted by Gasteiger charge is 2.14. The van der Waals surface area contributed by atoms with E-state index in [0.29, 0.717) is 22.9 Å². The molecule has 94 valence electrons. The van der Waals surface area contributed by atoms with Crippen LogP contribution in [0.15, 0.2) is 48.5 Å². The van der Waals surface area contributed by atoms with E-state index in [1.165, 1.54) is 0 Å². The number of aliphatic hydroxyl groups is 1. The molecular weight excluding hydrogens is 248 g/mol. The van der Waals surface area contributed by atoms with Crippen LogP contribution in [-0.4, -0.2) is 11.7 Å². The van der Waals surface area contributed by atoms with Crippen molar-refractivity contribution < 1.29 is 9.84 Å². The van der Waals surface area contributed by atoms with E-state index >= 15 is 0 Å². The van der Waals surface area contributed by atoms with Crippen molar-refractivity contribution in [1.82, 2.24) is 0 Å². The summed E-state index contributed by atoms with van der Waals surface area (Å²) in [5.74, 6) is 0.714. The second-order valence-corrected chi connectivity index (χ2v) is 4.34. The van der Waals surface area contributed by atoms with Gasteiger partial charge in [-0.25, -0.2) is 0 Å². The molecule has 2 aromatic carbocycles. The van der Waals surface area contributed by atoms with Crippen LogP contribution in [-0.2, 0) is 0 Å². The fraction of sp³-hybridized carbons (Fsp3) is 0.200. The maximum absolute atomic E-state index is 10.3. The van der Waals surface area contributed by atoms with Gasteiger partial charge in [0.2, 0.25) is 0 Å². The van der Waals surface area contributed by atoms with E-state index in [-0.39, 0.29) is 0 Å². The first-order chi connectivity index (χ1) is 8.72. The Hall–Kier alpha value is -1.51. The highest BCUT2D eigenvalue weighted by Crippen LogP contribution is 2.30. The molecule has 0 aliphatic heterocycles. The van der Waals surface area contributed by atoms with E-state index in [2.05, 4.69) is 0 Å². The zero-order valence-corrected chi connectivity index (χ0v) is 10.9. The van der Waals surface area contributed by atoms with Gasteiger partial charge in [-0.2, -0.15) is 0 Å². The number of rotatable bonds is 4. The van der Waals surface area contributed by atoms with Crippen LogP contribution in [0.3, 0.4) is 0 Å². The molecule has 1 N–H and O–H groups in total. The molecule has 1 atom stereocenters. The third-order valence-corrected chi connectivity index (χ3v) is 3.02. The molecule has 0 radical (unpaired) electrons. The summed E-state index contributed by atoms with van der Waals surface area (Å²) in [7, 11) is 0. The molecule has 2 rings (SSSR count). The fourth-order valence-corrected chi connectivity index (χ4v) is 2.07. The Bertz CT molecular complexity index is 511. The first kappa shape index (κ1) is 12.9. The van der Waals surface area contributed by atoms with Gasteiger partial charge in [-0.1, -0.05) is 48.0 Å². The van der Waals surface area contributed by atoms with Crippen molar-refractivity contribution in [3.63, 3.8) is 0 Å². The minimum atomic E-state index is -0.714. The van der Waals surface area contributed by atoms with Crippen LogP contribution < -0.4 is 4.74 Å². The van der Waals surface area contributed by atoms with Crippen LogP contribution in [0.5, 0.6) is 5.75 Å². The van der Waals surface area contributed by atoms with Crippen LogP contribution in [0.25, 0.3) is 0 Å². The van der Waals surface area contributed by atoms with Gasteiger partial charge in [0.25, 0.3) is 0 Å². The second kappa shape index (κ2) is 5.89. The monoisotopic (exact) mass is 262 g/mol. The Balaban J connectivity index is 2.28. The summed E-state index contributed by atoms with van der Waals surface area (Å²) in [5, 5.41) is 10.8. The van der Waals surface area contributed by atoms with E-state index < -0.39 is 6.10 Å². The Morgan fingerprint density at radius 3 is 2.50 bits per heavy atom. The van der Waals surface area contributed by atoms with E-state index in [1.807, 2.05) is 43.3 Å². The number of benzene rings is 2. The van der Waals surface area contributed by atoms with Gasteiger partial charge in [-0.3, -0.25) is 0 Å². The summed E-state index contributed by atoms with van der Waals surface area (Å²) >= 11 is 6.17. The summed E-state index contributed by atoms with van der Waals surface area (Å²) < 4.78 is 5.36. The van der Waals surface area contributed by atoms with Crippen LogP contribution in [0.4, 0.5) is 0 Å². The highest BCUT2D eigenvalue weighted by atomic mass is 35.5. The molecule has 0 saturated heterocycles. The molecule has 2 aromatic rings. The SMILES string of the molecule is CCOc1ccc(C(O)c2ccccc2)c(Cl)c1. The quantitative estimate of drug-likeness (QED) is 0.908. The Labute approximate surface area is 112 Å². The molecule has 2 nitrogen and oxygen atoms in total. The average molecular weight is 263 g/mol. The van der Waals surface area contributed by atoms with Gasteiger partial charge in [-0.05, 0) is 24.6 Å². The minimum absolute atomic E-state index is 0.511. The van der Waals surface area contributed by atoms with Crippen molar-refractivity contribution in [2.75, 3.05) is 6.61 Å². The molecule has 18 heavy (non-hydrogen) atoms. The molecule has 0 aliphatic carbocycles. The van der Waals surface area contributed by atoms with Crippen molar-refractivity contribution in [2.24, 2.45) is 0 Å². The topological polar surface area (TPSA) is 29.5 Å². The Morgan fingerprint density at radius 1 is 1.17 bits per heavy atom. The lowest BCUT2D eigenvalue weighted by molar-refractivity contribution is 0.220. The van der Waals surface area contributed by atoms with Crippen molar-refractivity contribution in [2.45, 2.75) is 13.0 Å². The summed E-state index contributed by atoms with van der Waals surface area (Å²) in [6.45, 7) is 2.51. The summed E-state index contributed by atoms with van der Waals surface area (Å²) in [6, 6.07) is 14.8. The third kappa shape index (κ3) is 2.84. The molecular formula is C15H15ClO2. The van der Waals surface area contributed by atoms with E-state index in [9.17, 15) is 5.11 Å². The van der Waals surface area contributed by atoms with Crippen molar-refractivity contribution in [1.29, 1.82) is 0 Å². The lowest BCUT2D eigenvalue weighted by Crippen LogP contribution is -2.01. The minimum Gasteiger partial charge on any atom is -0.494 e. The molecule has 3 heteroatoms. The molecule has 0 aromatic heterocycles. The average Bonchev–Trinajstić information content (AvgIpc) is 2.40. The normalized spacial score (nSPS) is 12.2. The zero-order valence-electron chi connectivity index (χ0n) is 10.1. The van der Waals surface area contributed by atoms with Gasteiger partial charge >= 0.3 is 0 Å². The number of aliphatic hydroxyl groups excluding tert-OH is 1. The van der Waals surface area contributed by atoms with Crippen molar-refractivity contribution >= 4 is 11.6 Å². The molecule has 0 heterocycles. The van der Waals surface area contributed by atoms with E-state index in [4.69, 9.17) is 16.3 Å². The molecule has 0 fully saturated rings. The number of hydrogen-bond acceptors (Lipinski definition) is 2. The maximum Gasteiger partial charge on any atom is 0.120 e. The predicted molar refractivity (Wildman–Crippen MR) is 73.1 cm³/mol. The van der Waals surface area contributed by atoms with Gasteiger partial charge in [0.15, 0.2) is 0 Å². The lowest BCUT2D eigenvalue weighted by atomic mass is 10.0. The molecule has 1 unspecified atom stereocenters. The fourth-order valence-electron chi connectivity index (χ4n) is 1.80. The molecule has 0 bridgehead atoms. The standard InChI is InChI=1S/C15H15ClO2/c1-2-18-12-8-9-13(14(16)10-12)15(17)11-6-4-3-5-7-11/h3-10,15,17H,2H2,1H3. The Kier molecular flexibility index (Phi) is 4.24. The lowest BCUT2D eigenvalue weighted by Gasteiger charge is -2.14. The highest BCUT2D eigenvalue weighted by molar-refractivity contribution is 6.31. The largest absolute Gasteiger partial charge is 0.494 e. The van der Waals surface area contributed by atoms with Gasteiger partial charge in [0.1, 0.15) is 11.9 Å². The zero-order chi connectivity index (χ0) is 13.0. The number of halogens is 1.